The fourth-order valence-electron chi connectivity index (χ4n) is 2.79. The van der Waals surface area contributed by atoms with Crippen LogP contribution in [0.25, 0.3) is 0 Å². The van der Waals surface area contributed by atoms with Gasteiger partial charge in [0.2, 0.25) is 0 Å². The quantitative estimate of drug-likeness (QED) is 0.190. The lowest BCUT2D eigenvalue weighted by Gasteiger charge is -2.15. The van der Waals surface area contributed by atoms with Crippen LogP contribution < -0.4 is 0 Å². The summed E-state index contributed by atoms with van der Waals surface area (Å²) in [7, 11) is 0. The van der Waals surface area contributed by atoms with Crippen LogP contribution in [0, 0.1) is 0 Å². The maximum Gasteiger partial charge on any atom is 0.109 e. The van der Waals surface area contributed by atoms with Crippen molar-refractivity contribution in [2.24, 2.45) is 0 Å². The predicted molar refractivity (Wildman–Crippen MR) is 206 cm³/mol. The molecule has 0 bridgehead atoms. The normalized spacial score (nSPS) is 10.3. The lowest BCUT2D eigenvalue weighted by atomic mass is 9.89. The van der Waals surface area contributed by atoms with Crippen LogP contribution in [0.5, 0.6) is 0 Å². The highest BCUT2D eigenvalue weighted by molar-refractivity contribution is 7.10. The fraction of sp³-hybridized carbons (Fsp3) is 0.600. The molecule has 0 unspecified atom stereocenters. The Morgan fingerprint density at radius 1 is 0.500 bits per heavy atom. The zero-order valence-corrected chi connectivity index (χ0v) is 34.2. The Morgan fingerprint density at radius 3 is 1.20 bits per heavy atom. The van der Waals surface area contributed by atoms with E-state index in [-0.39, 0.29) is 10.8 Å². The van der Waals surface area contributed by atoms with Crippen molar-refractivity contribution in [3.05, 3.63) is 93.1 Å². The van der Waals surface area contributed by atoms with E-state index in [9.17, 15) is 0 Å². The Bertz CT molecular complexity index is 850. The number of furan rings is 2. The molecule has 4 rings (SSSR count). The fourth-order valence-corrected chi connectivity index (χ4v) is 4.49. The van der Waals surface area contributed by atoms with Gasteiger partial charge in [-0.05, 0) is 73.8 Å². The summed E-state index contributed by atoms with van der Waals surface area (Å²) >= 11 is 3.60. The molecule has 256 valence electrons. The van der Waals surface area contributed by atoms with E-state index >= 15 is 0 Å². The molecule has 0 fully saturated rings. The van der Waals surface area contributed by atoms with Gasteiger partial charge in [-0.1, -0.05) is 145 Å². The van der Waals surface area contributed by atoms with Crippen LogP contribution in [0.3, 0.4) is 0 Å². The Balaban J connectivity index is -0.000000225. The van der Waals surface area contributed by atoms with Crippen LogP contribution >= 0.6 is 22.7 Å². The van der Waals surface area contributed by atoms with Gasteiger partial charge in [0, 0.05) is 10.3 Å². The first-order chi connectivity index (χ1) is 20.4. The first kappa shape index (κ1) is 48.9. The van der Waals surface area contributed by atoms with Gasteiger partial charge in [-0.25, -0.2) is 0 Å². The summed E-state index contributed by atoms with van der Waals surface area (Å²) < 4.78 is 10.1. The second kappa shape index (κ2) is 26.2. The average molecular weight is 649 g/mol. The highest BCUT2D eigenvalue weighted by Gasteiger charge is 2.16. The number of thiophene rings is 2. The van der Waals surface area contributed by atoms with E-state index in [1.54, 1.807) is 30.1 Å². The zero-order chi connectivity index (χ0) is 35.6. The van der Waals surface area contributed by atoms with Gasteiger partial charge in [0.25, 0.3) is 0 Å². The Morgan fingerprint density at radius 2 is 1.02 bits per heavy atom. The summed E-state index contributed by atoms with van der Waals surface area (Å²) in [5.74, 6) is 1.04. The molecule has 0 aliphatic heterocycles. The van der Waals surface area contributed by atoms with E-state index in [0.29, 0.717) is 10.8 Å². The van der Waals surface area contributed by atoms with Crippen LogP contribution in [0.2, 0.25) is 0 Å². The molecule has 44 heavy (non-hydrogen) atoms. The van der Waals surface area contributed by atoms with Gasteiger partial charge in [0.05, 0.1) is 18.8 Å². The average Bonchev–Trinajstić information content (AvgIpc) is 3.79. The molecule has 0 N–H and O–H groups in total. The predicted octanol–water partition coefficient (Wildman–Crippen LogP) is 15.4. The van der Waals surface area contributed by atoms with Crippen molar-refractivity contribution in [1.29, 1.82) is 0 Å². The summed E-state index contributed by atoms with van der Waals surface area (Å²) in [4.78, 5) is 1.46. The third-order valence-corrected chi connectivity index (χ3v) is 7.27. The van der Waals surface area contributed by atoms with Crippen molar-refractivity contribution in [2.45, 2.75) is 160 Å². The van der Waals surface area contributed by atoms with Crippen LogP contribution in [0.15, 0.2) is 80.2 Å². The Kier molecular flexibility index (Phi) is 29.1. The highest BCUT2D eigenvalue weighted by atomic mass is 32.1. The standard InChI is InChI=1S/2C8H12O.2C8H12S.4C2H6/c1-8(2,3)7-4-5-9-6-7;1-8(2,3)7-5-4-6-9-7;1-8(2,3)7-4-5-9-6-7;1-8(2,3)7-5-4-6-9-7;4*1-2/h4*4-6H,1-3H3;4*1-2H3. The van der Waals surface area contributed by atoms with E-state index in [2.05, 4.69) is 117 Å². The van der Waals surface area contributed by atoms with E-state index < -0.39 is 0 Å². The van der Waals surface area contributed by atoms with Gasteiger partial charge in [-0.3, -0.25) is 0 Å². The molecule has 0 aliphatic rings. The molecule has 4 heterocycles. The molecular weight excluding hydrogens is 577 g/mol. The molecule has 0 radical (unpaired) electrons. The molecule has 2 nitrogen and oxygen atoms in total. The second-order valence-electron chi connectivity index (χ2n) is 13.0. The minimum atomic E-state index is 0.156. The molecule has 0 saturated heterocycles. The first-order valence-corrected chi connectivity index (χ1v) is 18.4. The van der Waals surface area contributed by atoms with Gasteiger partial charge in [-0.15, -0.1) is 11.3 Å². The summed E-state index contributed by atoms with van der Waals surface area (Å²) in [6.07, 6.45) is 5.21. The lowest BCUT2D eigenvalue weighted by molar-refractivity contribution is 0.409. The number of hydrogen-bond donors (Lipinski definition) is 0. The summed E-state index contributed by atoms with van der Waals surface area (Å²) in [5.41, 5.74) is 3.75. The third-order valence-electron chi connectivity index (χ3n) is 5.30. The topological polar surface area (TPSA) is 26.3 Å². The van der Waals surface area contributed by atoms with E-state index in [1.807, 2.05) is 84.9 Å². The van der Waals surface area contributed by atoms with Gasteiger partial charge in [0.1, 0.15) is 5.76 Å². The number of hydrogen-bond acceptors (Lipinski definition) is 4. The highest BCUT2D eigenvalue weighted by Crippen LogP contribution is 2.26. The number of rotatable bonds is 0. The molecule has 0 spiro atoms. The smallest absolute Gasteiger partial charge is 0.109 e. The molecule has 0 atom stereocenters. The van der Waals surface area contributed by atoms with Crippen molar-refractivity contribution in [3.8, 4) is 0 Å². The van der Waals surface area contributed by atoms with Crippen molar-refractivity contribution in [1.82, 2.24) is 0 Å². The second-order valence-corrected chi connectivity index (χ2v) is 14.7. The molecule has 0 aliphatic carbocycles. The molecule has 4 heteroatoms. The van der Waals surface area contributed by atoms with Gasteiger partial charge in [-0.2, -0.15) is 11.3 Å². The maximum absolute atomic E-state index is 5.20. The minimum absolute atomic E-state index is 0.156. The molecular formula is C40H72O2S2. The van der Waals surface area contributed by atoms with Crippen molar-refractivity contribution < 1.29 is 8.83 Å². The van der Waals surface area contributed by atoms with Crippen LogP contribution in [0.1, 0.15) is 160 Å². The lowest BCUT2D eigenvalue weighted by Crippen LogP contribution is -2.08. The third kappa shape index (κ3) is 24.3. The summed E-state index contributed by atoms with van der Waals surface area (Å²) in [5, 5.41) is 6.46. The van der Waals surface area contributed by atoms with Crippen LogP contribution in [0.4, 0.5) is 0 Å². The minimum Gasteiger partial charge on any atom is -0.472 e. The summed E-state index contributed by atoms with van der Waals surface area (Å²) in [6.45, 7) is 42.3. The molecule has 4 aromatic rings. The van der Waals surface area contributed by atoms with Crippen molar-refractivity contribution >= 4 is 22.7 Å². The monoisotopic (exact) mass is 648 g/mol. The molecule has 0 amide bonds. The SMILES string of the molecule is CC.CC.CC.CC.CC(C)(C)c1ccco1.CC(C)(C)c1cccs1.CC(C)(C)c1ccoc1.CC(C)(C)c1ccsc1. The van der Waals surface area contributed by atoms with Crippen LogP contribution in [-0.2, 0) is 21.7 Å². The molecule has 0 aromatic carbocycles. The van der Waals surface area contributed by atoms with Gasteiger partial charge < -0.3 is 8.83 Å². The first-order valence-electron chi connectivity index (χ1n) is 16.6. The summed E-state index contributed by atoms with van der Waals surface area (Å²) in [6, 6.07) is 12.4. The van der Waals surface area contributed by atoms with Crippen molar-refractivity contribution in [3.63, 3.8) is 0 Å². The zero-order valence-electron chi connectivity index (χ0n) is 32.6. The van der Waals surface area contributed by atoms with E-state index in [0.717, 1.165) is 5.76 Å². The molecule has 0 saturated carbocycles. The Labute approximate surface area is 283 Å². The molecule has 4 aromatic heterocycles. The van der Waals surface area contributed by atoms with E-state index in [1.165, 1.54) is 16.0 Å². The van der Waals surface area contributed by atoms with Crippen molar-refractivity contribution in [2.75, 3.05) is 0 Å². The van der Waals surface area contributed by atoms with Crippen LogP contribution in [-0.4, -0.2) is 0 Å². The van der Waals surface area contributed by atoms with Gasteiger partial charge in [0.15, 0.2) is 0 Å². The Hall–Kier alpha value is -2.04. The van der Waals surface area contributed by atoms with E-state index in [4.69, 9.17) is 8.83 Å². The van der Waals surface area contributed by atoms with Gasteiger partial charge >= 0.3 is 0 Å². The largest absolute Gasteiger partial charge is 0.472 e. The maximum atomic E-state index is 5.20.